The maximum atomic E-state index is 9.63. The first kappa shape index (κ1) is 12.9. The lowest BCUT2D eigenvalue weighted by Crippen LogP contribution is -2.53. The first-order chi connectivity index (χ1) is 9.22. The van der Waals surface area contributed by atoms with Crippen LogP contribution in [0.5, 0.6) is 0 Å². The maximum absolute atomic E-state index is 9.63. The van der Waals surface area contributed by atoms with E-state index < -0.39 is 0 Å². The smallest absolute Gasteiger partial charge is 0.132 e. The fraction of sp³-hybridized carbons (Fsp3) is 0.786. The lowest BCUT2D eigenvalue weighted by atomic mass is 9.90. The first-order valence-corrected chi connectivity index (χ1v) is 7.24. The molecule has 1 aliphatic carbocycles. The average molecular weight is 265 g/mol. The SMILES string of the molecule is Cc1nn(C)c(N2CCOC3CCCCC32)c1CO. The van der Waals surface area contributed by atoms with Crippen molar-refractivity contribution in [1.29, 1.82) is 0 Å². The van der Waals surface area contributed by atoms with Gasteiger partial charge in [-0.3, -0.25) is 4.68 Å². The Kier molecular flexibility index (Phi) is 3.50. The van der Waals surface area contributed by atoms with Crippen molar-refractivity contribution in [2.45, 2.75) is 51.4 Å². The van der Waals surface area contributed by atoms with Gasteiger partial charge in [0.1, 0.15) is 5.82 Å². The molecule has 2 atom stereocenters. The summed E-state index contributed by atoms with van der Waals surface area (Å²) in [5, 5.41) is 14.1. The number of aromatic nitrogens is 2. The van der Waals surface area contributed by atoms with Gasteiger partial charge in [0.2, 0.25) is 0 Å². The minimum atomic E-state index is 0.0593. The lowest BCUT2D eigenvalue weighted by Gasteiger charge is -2.45. The predicted octanol–water partition coefficient (Wildman–Crippen LogP) is 1.37. The Hall–Kier alpha value is -1.07. The highest BCUT2D eigenvalue weighted by molar-refractivity contribution is 5.51. The van der Waals surface area contributed by atoms with Gasteiger partial charge in [-0.15, -0.1) is 0 Å². The summed E-state index contributed by atoms with van der Waals surface area (Å²) < 4.78 is 7.83. The number of hydrogen-bond donors (Lipinski definition) is 1. The molecule has 2 heterocycles. The van der Waals surface area contributed by atoms with E-state index in [0.717, 1.165) is 36.6 Å². The van der Waals surface area contributed by atoms with Gasteiger partial charge in [-0.25, -0.2) is 0 Å². The summed E-state index contributed by atoms with van der Waals surface area (Å²) in [7, 11) is 1.97. The third-order valence-electron chi connectivity index (χ3n) is 4.48. The summed E-state index contributed by atoms with van der Waals surface area (Å²) in [5.74, 6) is 1.08. The highest BCUT2D eigenvalue weighted by Crippen LogP contribution is 2.34. The molecular formula is C14H23N3O2. The molecule has 19 heavy (non-hydrogen) atoms. The summed E-state index contributed by atoms with van der Waals surface area (Å²) in [5.41, 5.74) is 1.90. The number of nitrogens with zero attached hydrogens (tertiary/aromatic N) is 3. The summed E-state index contributed by atoms with van der Waals surface area (Å²) >= 11 is 0. The van der Waals surface area contributed by atoms with Gasteiger partial charge < -0.3 is 14.7 Å². The molecule has 1 saturated heterocycles. The van der Waals surface area contributed by atoms with Crippen LogP contribution >= 0.6 is 0 Å². The van der Waals surface area contributed by atoms with Gasteiger partial charge in [-0.2, -0.15) is 5.10 Å². The van der Waals surface area contributed by atoms with Crippen LogP contribution < -0.4 is 4.90 Å². The fourth-order valence-electron chi connectivity index (χ4n) is 3.59. The molecule has 2 unspecified atom stereocenters. The van der Waals surface area contributed by atoms with Crippen LogP contribution in [-0.2, 0) is 18.4 Å². The zero-order chi connectivity index (χ0) is 13.4. The van der Waals surface area contributed by atoms with Crippen molar-refractivity contribution in [2.75, 3.05) is 18.1 Å². The quantitative estimate of drug-likeness (QED) is 0.877. The summed E-state index contributed by atoms with van der Waals surface area (Å²) in [6.45, 7) is 3.70. The number of aliphatic hydroxyl groups excluding tert-OH is 1. The zero-order valence-corrected chi connectivity index (χ0v) is 11.8. The van der Waals surface area contributed by atoms with Gasteiger partial charge in [-0.05, 0) is 19.8 Å². The van der Waals surface area contributed by atoms with Gasteiger partial charge >= 0.3 is 0 Å². The van der Waals surface area contributed by atoms with E-state index in [2.05, 4.69) is 10.00 Å². The van der Waals surface area contributed by atoms with Gasteiger partial charge in [0, 0.05) is 19.2 Å². The second kappa shape index (κ2) is 5.13. The minimum absolute atomic E-state index is 0.0593. The highest BCUT2D eigenvalue weighted by Gasteiger charge is 2.36. The molecule has 1 N–H and O–H groups in total. The number of aliphatic hydroxyl groups is 1. The normalized spacial score (nSPS) is 27.4. The molecule has 106 valence electrons. The van der Waals surface area contributed by atoms with Crippen molar-refractivity contribution >= 4 is 5.82 Å². The number of ether oxygens (including phenoxy) is 1. The van der Waals surface area contributed by atoms with Crippen LogP contribution in [0, 0.1) is 6.92 Å². The predicted molar refractivity (Wildman–Crippen MR) is 73.2 cm³/mol. The Bertz CT molecular complexity index is 456. The van der Waals surface area contributed by atoms with Crippen LogP contribution in [0.1, 0.15) is 36.9 Å². The van der Waals surface area contributed by atoms with Crippen molar-refractivity contribution in [1.82, 2.24) is 9.78 Å². The molecule has 0 spiro atoms. The van der Waals surface area contributed by atoms with Gasteiger partial charge in [0.25, 0.3) is 0 Å². The topological polar surface area (TPSA) is 50.5 Å². The third kappa shape index (κ3) is 2.15. The van der Waals surface area contributed by atoms with E-state index in [1.807, 2.05) is 18.7 Å². The molecule has 5 heteroatoms. The Morgan fingerprint density at radius 3 is 2.95 bits per heavy atom. The van der Waals surface area contributed by atoms with Crippen LogP contribution in [0.25, 0.3) is 0 Å². The van der Waals surface area contributed by atoms with E-state index in [4.69, 9.17) is 4.74 Å². The molecule has 0 aromatic carbocycles. The molecule has 1 aliphatic heterocycles. The molecule has 1 aromatic rings. The maximum Gasteiger partial charge on any atom is 0.132 e. The minimum Gasteiger partial charge on any atom is -0.391 e. The van der Waals surface area contributed by atoms with Gasteiger partial charge in [0.05, 0.1) is 31.1 Å². The van der Waals surface area contributed by atoms with Crippen molar-refractivity contribution in [3.63, 3.8) is 0 Å². The largest absolute Gasteiger partial charge is 0.391 e. The number of rotatable bonds is 2. The number of morpholine rings is 1. The number of fused-ring (bicyclic) bond motifs is 1. The highest BCUT2D eigenvalue weighted by atomic mass is 16.5. The van der Waals surface area contributed by atoms with Crippen LogP contribution in [0.3, 0.4) is 0 Å². The molecule has 0 amide bonds. The molecule has 5 nitrogen and oxygen atoms in total. The first-order valence-electron chi connectivity index (χ1n) is 7.24. The van der Waals surface area contributed by atoms with Crippen LogP contribution in [0.15, 0.2) is 0 Å². The monoisotopic (exact) mass is 265 g/mol. The zero-order valence-electron chi connectivity index (χ0n) is 11.8. The van der Waals surface area contributed by atoms with E-state index in [9.17, 15) is 5.11 Å². The van der Waals surface area contributed by atoms with Crippen molar-refractivity contribution in [3.05, 3.63) is 11.3 Å². The van der Waals surface area contributed by atoms with Crippen LogP contribution in [-0.4, -0.2) is 40.2 Å². The lowest BCUT2D eigenvalue weighted by molar-refractivity contribution is -0.00937. The van der Waals surface area contributed by atoms with Crippen molar-refractivity contribution in [2.24, 2.45) is 7.05 Å². The molecular weight excluding hydrogens is 242 g/mol. The van der Waals surface area contributed by atoms with Crippen molar-refractivity contribution in [3.8, 4) is 0 Å². The molecule has 0 radical (unpaired) electrons. The molecule has 3 rings (SSSR count). The second-order valence-electron chi connectivity index (χ2n) is 5.62. The molecule has 0 bridgehead atoms. The van der Waals surface area contributed by atoms with E-state index in [1.165, 1.54) is 19.3 Å². The Morgan fingerprint density at radius 2 is 2.16 bits per heavy atom. The summed E-state index contributed by atoms with van der Waals surface area (Å²) in [4.78, 5) is 2.42. The summed E-state index contributed by atoms with van der Waals surface area (Å²) in [6.07, 6.45) is 5.23. The Morgan fingerprint density at radius 1 is 1.37 bits per heavy atom. The number of aryl methyl sites for hydroxylation is 2. The third-order valence-corrected chi connectivity index (χ3v) is 4.48. The van der Waals surface area contributed by atoms with E-state index in [0.29, 0.717) is 12.1 Å². The van der Waals surface area contributed by atoms with E-state index in [-0.39, 0.29) is 6.61 Å². The Labute approximate surface area is 114 Å². The summed E-state index contributed by atoms with van der Waals surface area (Å²) in [6, 6.07) is 0.447. The second-order valence-corrected chi connectivity index (χ2v) is 5.62. The molecule has 2 aliphatic rings. The van der Waals surface area contributed by atoms with Crippen LogP contribution in [0.4, 0.5) is 5.82 Å². The molecule has 2 fully saturated rings. The number of hydrogen-bond acceptors (Lipinski definition) is 4. The molecule has 1 saturated carbocycles. The van der Waals surface area contributed by atoms with Gasteiger partial charge in [0.15, 0.2) is 0 Å². The standard InChI is InChI=1S/C14H23N3O2/c1-10-11(9-18)14(16(2)15-10)17-7-8-19-13-6-4-3-5-12(13)17/h12-13,18H,3-9H2,1-2H3. The van der Waals surface area contributed by atoms with Gasteiger partial charge in [-0.1, -0.05) is 12.8 Å². The number of anilines is 1. The average Bonchev–Trinajstić information content (AvgIpc) is 2.72. The molecule has 1 aromatic heterocycles. The Balaban J connectivity index is 1.96. The van der Waals surface area contributed by atoms with E-state index >= 15 is 0 Å². The van der Waals surface area contributed by atoms with Crippen LogP contribution in [0.2, 0.25) is 0 Å². The fourth-order valence-corrected chi connectivity index (χ4v) is 3.59. The van der Waals surface area contributed by atoms with E-state index in [1.54, 1.807) is 0 Å². The van der Waals surface area contributed by atoms with Crippen molar-refractivity contribution < 1.29 is 9.84 Å².